The highest BCUT2D eigenvalue weighted by Crippen LogP contribution is 2.26. The monoisotopic (exact) mass is 366 g/mol. The van der Waals surface area contributed by atoms with Crippen molar-refractivity contribution in [2.24, 2.45) is 0 Å². The molecule has 0 saturated carbocycles. The minimum absolute atomic E-state index is 0.298. The minimum Gasteiger partial charge on any atom is -0.360 e. The fraction of sp³-hybridized carbons (Fsp3) is 0.353. The van der Waals surface area contributed by atoms with E-state index in [4.69, 9.17) is 23.2 Å². The zero-order valence-electron chi connectivity index (χ0n) is 13.9. The zero-order chi connectivity index (χ0) is 17.7. The zero-order valence-corrected chi connectivity index (χ0v) is 15.4. The Morgan fingerprint density at radius 2 is 2.00 bits per heavy atom. The van der Waals surface area contributed by atoms with Gasteiger partial charge in [0.15, 0.2) is 0 Å². The van der Waals surface area contributed by atoms with E-state index < -0.39 is 0 Å². The minimum atomic E-state index is -0.338. The molecule has 2 aromatic rings. The van der Waals surface area contributed by atoms with Gasteiger partial charge in [-0.05, 0) is 31.5 Å². The summed E-state index contributed by atoms with van der Waals surface area (Å²) in [5.41, 5.74) is 0.787. The predicted molar refractivity (Wildman–Crippen MR) is 99.4 cm³/mol. The lowest BCUT2D eigenvalue weighted by atomic mass is 10.2. The lowest BCUT2D eigenvalue weighted by Gasteiger charge is -2.18. The number of aryl methyl sites for hydroxylation is 1. The number of unbranched alkanes of at least 4 members (excludes halogenated alkanes) is 1. The number of carbonyl (C=O) groups is 1. The number of rotatable bonds is 6. The van der Waals surface area contributed by atoms with Crippen molar-refractivity contribution in [3.8, 4) is 0 Å². The molecule has 1 aromatic heterocycles. The smallest absolute Gasteiger partial charge is 0.274 e. The van der Waals surface area contributed by atoms with Crippen LogP contribution < -0.4 is 10.2 Å². The number of halogens is 2. The van der Waals surface area contributed by atoms with E-state index in [1.807, 2.05) is 11.9 Å². The summed E-state index contributed by atoms with van der Waals surface area (Å²) in [5, 5.41) is 3.64. The van der Waals surface area contributed by atoms with Crippen LogP contribution in [-0.4, -0.2) is 29.5 Å². The molecule has 128 valence electrons. The van der Waals surface area contributed by atoms with Gasteiger partial charge in [0.25, 0.3) is 5.91 Å². The van der Waals surface area contributed by atoms with Gasteiger partial charge in [-0.1, -0.05) is 36.5 Å². The Morgan fingerprint density at radius 1 is 1.25 bits per heavy atom. The molecule has 0 aliphatic carbocycles. The molecule has 1 heterocycles. The third-order valence-electron chi connectivity index (χ3n) is 3.47. The van der Waals surface area contributed by atoms with Crippen molar-refractivity contribution in [3.63, 3.8) is 0 Å². The van der Waals surface area contributed by atoms with E-state index in [1.165, 1.54) is 0 Å². The van der Waals surface area contributed by atoms with Crippen LogP contribution in [0.25, 0.3) is 0 Å². The summed E-state index contributed by atoms with van der Waals surface area (Å²) in [4.78, 5) is 23.1. The first kappa shape index (κ1) is 18.5. The van der Waals surface area contributed by atoms with E-state index in [0.29, 0.717) is 27.3 Å². The second-order valence-corrected chi connectivity index (χ2v) is 6.36. The third-order valence-corrected chi connectivity index (χ3v) is 4.02. The topological polar surface area (TPSA) is 58.1 Å². The molecule has 0 aliphatic heterocycles. The third kappa shape index (κ3) is 4.82. The van der Waals surface area contributed by atoms with Gasteiger partial charge in [-0.3, -0.25) is 4.79 Å². The summed E-state index contributed by atoms with van der Waals surface area (Å²) in [6.45, 7) is 4.77. The number of nitrogens with one attached hydrogen (secondary N) is 1. The Balaban J connectivity index is 2.21. The molecule has 0 bridgehead atoms. The molecule has 1 amide bonds. The quantitative estimate of drug-likeness (QED) is 0.812. The first-order chi connectivity index (χ1) is 11.4. The van der Waals surface area contributed by atoms with Crippen LogP contribution in [0, 0.1) is 6.92 Å². The molecule has 0 unspecified atom stereocenters. The molecule has 1 N–H and O–H groups in total. The predicted octanol–water partition coefficient (Wildman–Crippen LogP) is 4.58. The number of benzene rings is 1. The molecule has 0 atom stereocenters. The molecule has 0 spiro atoms. The normalized spacial score (nSPS) is 10.5. The highest BCUT2D eigenvalue weighted by Gasteiger charge is 2.14. The van der Waals surface area contributed by atoms with Crippen molar-refractivity contribution < 1.29 is 4.79 Å². The molecule has 2 rings (SSSR count). The van der Waals surface area contributed by atoms with Crippen LogP contribution in [0.3, 0.4) is 0 Å². The number of hydrogen-bond donors (Lipinski definition) is 1. The van der Waals surface area contributed by atoms with Crippen LogP contribution >= 0.6 is 23.2 Å². The summed E-state index contributed by atoms with van der Waals surface area (Å²) in [5.74, 6) is 0.932. The van der Waals surface area contributed by atoms with Crippen LogP contribution in [0.5, 0.6) is 0 Å². The number of nitrogens with zero attached hydrogens (tertiary/aromatic N) is 3. The van der Waals surface area contributed by atoms with Crippen LogP contribution in [0.1, 0.15) is 36.1 Å². The van der Waals surface area contributed by atoms with Crippen molar-refractivity contribution in [1.82, 2.24) is 9.97 Å². The van der Waals surface area contributed by atoms with Gasteiger partial charge in [-0.25, -0.2) is 9.97 Å². The van der Waals surface area contributed by atoms with Gasteiger partial charge in [-0.15, -0.1) is 0 Å². The van der Waals surface area contributed by atoms with Crippen molar-refractivity contribution in [2.75, 3.05) is 23.8 Å². The molecule has 7 heteroatoms. The standard InChI is InChI=1S/C17H20Cl2N4O/c1-4-5-8-23(3)16-10-15(20-11(2)21-16)17(24)22-14-7-6-12(18)9-13(14)19/h6-7,9-10H,4-5,8H2,1-3H3,(H,22,24). The summed E-state index contributed by atoms with van der Waals surface area (Å²) >= 11 is 12.0. The van der Waals surface area contributed by atoms with Crippen LogP contribution in [-0.2, 0) is 0 Å². The maximum atomic E-state index is 12.5. The molecule has 24 heavy (non-hydrogen) atoms. The number of hydrogen-bond acceptors (Lipinski definition) is 4. The van der Waals surface area contributed by atoms with Gasteiger partial charge in [0, 0.05) is 24.7 Å². The number of aromatic nitrogens is 2. The molecular weight excluding hydrogens is 347 g/mol. The highest BCUT2D eigenvalue weighted by atomic mass is 35.5. The average molecular weight is 367 g/mol. The molecular formula is C17H20Cl2N4O. The maximum absolute atomic E-state index is 12.5. The van der Waals surface area contributed by atoms with Gasteiger partial charge in [0.2, 0.25) is 0 Å². The first-order valence-corrected chi connectivity index (χ1v) is 8.49. The fourth-order valence-electron chi connectivity index (χ4n) is 2.15. The van der Waals surface area contributed by atoms with Crippen LogP contribution in [0.15, 0.2) is 24.3 Å². The Labute approximate surface area is 152 Å². The molecule has 0 radical (unpaired) electrons. The fourth-order valence-corrected chi connectivity index (χ4v) is 2.61. The van der Waals surface area contributed by atoms with E-state index in [9.17, 15) is 4.79 Å². The molecule has 1 aromatic carbocycles. The molecule has 0 fully saturated rings. The van der Waals surface area contributed by atoms with Crippen LogP contribution in [0.4, 0.5) is 11.5 Å². The average Bonchev–Trinajstić information content (AvgIpc) is 2.54. The lowest BCUT2D eigenvalue weighted by molar-refractivity contribution is 0.102. The lowest BCUT2D eigenvalue weighted by Crippen LogP contribution is -2.22. The Bertz CT molecular complexity index is 737. The molecule has 0 saturated heterocycles. The first-order valence-electron chi connectivity index (χ1n) is 7.74. The summed E-state index contributed by atoms with van der Waals surface area (Å²) in [6, 6.07) is 6.58. The van der Waals surface area contributed by atoms with Gasteiger partial charge in [0.1, 0.15) is 17.3 Å². The molecule has 0 aliphatic rings. The van der Waals surface area contributed by atoms with E-state index >= 15 is 0 Å². The SMILES string of the molecule is CCCCN(C)c1cc(C(=O)Nc2ccc(Cl)cc2Cl)nc(C)n1. The summed E-state index contributed by atoms with van der Waals surface area (Å²) in [6.07, 6.45) is 2.15. The highest BCUT2D eigenvalue weighted by molar-refractivity contribution is 6.36. The summed E-state index contributed by atoms with van der Waals surface area (Å²) < 4.78 is 0. The van der Waals surface area contributed by atoms with E-state index in [-0.39, 0.29) is 5.91 Å². The Hall–Kier alpha value is -1.85. The van der Waals surface area contributed by atoms with Gasteiger partial charge < -0.3 is 10.2 Å². The van der Waals surface area contributed by atoms with E-state index in [1.54, 1.807) is 31.2 Å². The maximum Gasteiger partial charge on any atom is 0.274 e. The van der Waals surface area contributed by atoms with Crippen molar-refractivity contribution in [2.45, 2.75) is 26.7 Å². The van der Waals surface area contributed by atoms with Crippen molar-refractivity contribution in [3.05, 3.63) is 45.8 Å². The van der Waals surface area contributed by atoms with E-state index in [2.05, 4.69) is 22.2 Å². The Kier molecular flexibility index (Phi) is 6.40. The Morgan fingerprint density at radius 3 is 2.67 bits per heavy atom. The largest absolute Gasteiger partial charge is 0.360 e. The summed E-state index contributed by atoms with van der Waals surface area (Å²) in [7, 11) is 1.95. The molecule has 5 nitrogen and oxygen atoms in total. The second-order valence-electron chi connectivity index (χ2n) is 5.51. The van der Waals surface area contributed by atoms with Gasteiger partial charge in [-0.2, -0.15) is 0 Å². The number of amides is 1. The van der Waals surface area contributed by atoms with E-state index in [0.717, 1.165) is 25.2 Å². The van der Waals surface area contributed by atoms with Crippen molar-refractivity contribution in [1.29, 1.82) is 0 Å². The second kappa shape index (κ2) is 8.31. The van der Waals surface area contributed by atoms with Crippen molar-refractivity contribution >= 4 is 40.6 Å². The van der Waals surface area contributed by atoms with Gasteiger partial charge in [0.05, 0.1) is 10.7 Å². The van der Waals surface area contributed by atoms with Gasteiger partial charge >= 0.3 is 0 Å². The van der Waals surface area contributed by atoms with Crippen LogP contribution in [0.2, 0.25) is 10.0 Å². The number of carbonyl (C=O) groups excluding carboxylic acids is 1. The number of anilines is 2.